The third-order valence-corrected chi connectivity index (χ3v) is 5.12. The van der Waals surface area contributed by atoms with E-state index >= 15 is 0 Å². The van der Waals surface area contributed by atoms with E-state index in [1.54, 1.807) is 6.20 Å². The van der Waals surface area contributed by atoms with E-state index in [-0.39, 0.29) is 12.5 Å². The van der Waals surface area contributed by atoms with Crippen molar-refractivity contribution in [1.82, 2.24) is 9.88 Å². The summed E-state index contributed by atoms with van der Waals surface area (Å²) >= 11 is 0. The lowest BCUT2D eigenvalue weighted by Crippen LogP contribution is -2.36. The van der Waals surface area contributed by atoms with Crippen LogP contribution in [0.1, 0.15) is 35.2 Å². The lowest BCUT2D eigenvalue weighted by atomic mass is 10.1. The van der Waals surface area contributed by atoms with Crippen molar-refractivity contribution in [3.8, 4) is 0 Å². The highest BCUT2D eigenvalue weighted by Crippen LogP contribution is 2.28. The molecule has 1 aromatic heterocycles. The summed E-state index contributed by atoms with van der Waals surface area (Å²) in [5.74, 6) is -1.30. The number of fused-ring (bicyclic) bond motifs is 1. The first-order chi connectivity index (χ1) is 13.6. The molecule has 1 saturated heterocycles. The Bertz CT molecular complexity index is 1020. The maximum Gasteiger partial charge on any atom is 0.257 e. The number of hydrogen-bond donors (Lipinski definition) is 1. The van der Waals surface area contributed by atoms with Gasteiger partial charge in [0.15, 0.2) is 0 Å². The summed E-state index contributed by atoms with van der Waals surface area (Å²) in [4.78, 5) is 19.4. The molecule has 144 valence electrons. The van der Waals surface area contributed by atoms with Crippen LogP contribution in [0.15, 0.2) is 48.7 Å². The number of rotatable bonds is 4. The van der Waals surface area contributed by atoms with Crippen molar-refractivity contribution in [2.24, 2.45) is 0 Å². The molecular formula is C22H21F2N3O. The van der Waals surface area contributed by atoms with E-state index in [9.17, 15) is 13.6 Å². The molecule has 2 heterocycles. The normalized spacial score (nSPS) is 14.3. The van der Waals surface area contributed by atoms with Gasteiger partial charge in [-0.05, 0) is 31.4 Å². The van der Waals surface area contributed by atoms with Gasteiger partial charge in [-0.3, -0.25) is 9.78 Å². The number of likely N-dealkylation sites (tertiary alicyclic amines) is 1. The van der Waals surface area contributed by atoms with Crippen molar-refractivity contribution in [2.45, 2.75) is 25.8 Å². The van der Waals surface area contributed by atoms with Crippen LogP contribution in [0.3, 0.4) is 0 Å². The fourth-order valence-corrected chi connectivity index (χ4v) is 3.61. The summed E-state index contributed by atoms with van der Waals surface area (Å²) in [6.07, 6.45) is 4.71. The molecule has 4 nitrogen and oxygen atoms in total. The number of aromatic nitrogens is 1. The van der Waals surface area contributed by atoms with Crippen LogP contribution in [-0.2, 0) is 6.54 Å². The Morgan fingerprint density at radius 3 is 2.64 bits per heavy atom. The average Bonchev–Trinajstić information content (AvgIpc) is 2.73. The Balaban J connectivity index is 1.70. The van der Waals surface area contributed by atoms with Crippen molar-refractivity contribution in [2.75, 3.05) is 18.4 Å². The summed E-state index contributed by atoms with van der Waals surface area (Å²) in [5, 5.41) is 4.00. The topological polar surface area (TPSA) is 45.2 Å². The zero-order valence-electron chi connectivity index (χ0n) is 15.4. The Hall–Kier alpha value is -3.02. The molecule has 1 fully saturated rings. The summed E-state index contributed by atoms with van der Waals surface area (Å²) in [7, 11) is 0. The number of anilines is 1. The van der Waals surface area contributed by atoms with Crippen molar-refractivity contribution in [3.05, 3.63) is 71.4 Å². The van der Waals surface area contributed by atoms with Gasteiger partial charge in [-0.15, -0.1) is 0 Å². The van der Waals surface area contributed by atoms with Gasteiger partial charge < -0.3 is 10.2 Å². The van der Waals surface area contributed by atoms with E-state index in [1.165, 1.54) is 12.1 Å². The number of nitrogens with one attached hydrogen (secondary N) is 1. The zero-order chi connectivity index (χ0) is 19.5. The minimum Gasteiger partial charge on any atom is -0.380 e. The number of pyridine rings is 1. The van der Waals surface area contributed by atoms with Crippen LogP contribution in [0, 0.1) is 11.6 Å². The minimum absolute atomic E-state index is 0.0694. The molecule has 1 N–H and O–H groups in total. The first-order valence-electron chi connectivity index (χ1n) is 9.48. The number of halogens is 2. The molecule has 1 aliphatic rings. The molecule has 3 aromatic rings. The van der Waals surface area contributed by atoms with Crippen molar-refractivity contribution in [3.63, 3.8) is 0 Å². The SMILES string of the molecule is O=C(c1cnc2ccccc2c1NCc1ccc(F)cc1F)N1CCCCC1. The monoisotopic (exact) mass is 381 g/mol. The average molecular weight is 381 g/mol. The third-order valence-electron chi connectivity index (χ3n) is 5.12. The second kappa shape index (κ2) is 7.92. The van der Waals surface area contributed by atoms with E-state index in [1.807, 2.05) is 29.2 Å². The maximum atomic E-state index is 14.0. The van der Waals surface area contributed by atoms with Crippen molar-refractivity contribution < 1.29 is 13.6 Å². The second-order valence-corrected chi connectivity index (χ2v) is 7.01. The van der Waals surface area contributed by atoms with Crippen LogP contribution in [0.5, 0.6) is 0 Å². The zero-order valence-corrected chi connectivity index (χ0v) is 15.4. The third kappa shape index (κ3) is 3.67. The Labute approximate surface area is 162 Å². The molecule has 1 aliphatic heterocycles. The van der Waals surface area contributed by atoms with Crippen molar-refractivity contribution in [1.29, 1.82) is 0 Å². The molecule has 2 aromatic carbocycles. The van der Waals surface area contributed by atoms with E-state index in [0.29, 0.717) is 16.8 Å². The minimum atomic E-state index is -0.616. The van der Waals surface area contributed by atoms with Crippen LogP contribution in [0.2, 0.25) is 0 Å². The Morgan fingerprint density at radius 2 is 1.86 bits per heavy atom. The number of amides is 1. The molecule has 1 amide bonds. The molecule has 0 aliphatic carbocycles. The number of carbonyl (C=O) groups excluding carboxylic acids is 1. The molecule has 6 heteroatoms. The lowest BCUT2D eigenvalue weighted by molar-refractivity contribution is 0.0725. The molecule has 28 heavy (non-hydrogen) atoms. The Kier molecular flexibility index (Phi) is 5.19. The molecule has 0 bridgehead atoms. The first kappa shape index (κ1) is 18.3. The second-order valence-electron chi connectivity index (χ2n) is 7.01. The van der Waals surface area contributed by atoms with Gasteiger partial charge in [-0.25, -0.2) is 8.78 Å². The van der Waals surface area contributed by atoms with Gasteiger partial charge in [-0.2, -0.15) is 0 Å². The van der Waals surface area contributed by atoms with Gasteiger partial charge in [0.2, 0.25) is 0 Å². The molecule has 0 unspecified atom stereocenters. The van der Waals surface area contributed by atoms with Crippen LogP contribution >= 0.6 is 0 Å². The summed E-state index contributed by atoms with van der Waals surface area (Å²) in [5.41, 5.74) is 2.19. The van der Waals surface area contributed by atoms with E-state index in [2.05, 4.69) is 10.3 Å². The number of piperidine rings is 1. The van der Waals surface area contributed by atoms with E-state index in [4.69, 9.17) is 0 Å². The predicted octanol–water partition coefficient (Wildman–Crippen LogP) is 4.75. The first-order valence-corrected chi connectivity index (χ1v) is 9.48. The number of benzene rings is 2. The highest BCUT2D eigenvalue weighted by Gasteiger charge is 2.22. The van der Waals surface area contributed by atoms with Crippen LogP contribution in [-0.4, -0.2) is 28.9 Å². The van der Waals surface area contributed by atoms with Crippen LogP contribution < -0.4 is 5.32 Å². The van der Waals surface area contributed by atoms with Gasteiger partial charge in [0, 0.05) is 42.8 Å². The number of para-hydroxylation sites is 1. The summed E-state index contributed by atoms with van der Waals surface area (Å²) in [6, 6.07) is 11.0. The standard InChI is InChI=1S/C22H21F2N3O/c23-16-9-8-15(19(24)12-16)13-26-21-17-6-2-3-7-20(17)25-14-18(21)22(28)27-10-4-1-5-11-27/h2-3,6-9,12,14H,1,4-5,10-11,13H2,(H,25,26). The number of nitrogens with zero attached hydrogens (tertiary/aromatic N) is 2. The van der Waals surface area contributed by atoms with Gasteiger partial charge >= 0.3 is 0 Å². The largest absolute Gasteiger partial charge is 0.380 e. The highest BCUT2D eigenvalue weighted by atomic mass is 19.1. The van der Waals surface area contributed by atoms with Gasteiger partial charge in [0.1, 0.15) is 11.6 Å². The Morgan fingerprint density at radius 1 is 1.07 bits per heavy atom. The molecule has 0 atom stereocenters. The smallest absolute Gasteiger partial charge is 0.257 e. The van der Waals surface area contributed by atoms with Gasteiger partial charge in [-0.1, -0.05) is 24.3 Å². The number of carbonyl (C=O) groups is 1. The number of hydrogen-bond acceptors (Lipinski definition) is 3. The van der Waals surface area contributed by atoms with Crippen LogP contribution in [0.25, 0.3) is 10.9 Å². The summed E-state index contributed by atoms with van der Waals surface area (Å²) < 4.78 is 27.2. The highest BCUT2D eigenvalue weighted by molar-refractivity contribution is 6.07. The van der Waals surface area contributed by atoms with Crippen molar-refractivity contribution >= 4 is 22.5 Å². The fourth-order valence-electron chi connectivity index (χ4n) is 3.61. The van der Waals surface area contributed by atoms with Crippen LogP contribution in [0.4, 0.5) is 14.5 Å². The predicted molar refractivity (Wildman–Crippen MR) is 105 cm³/mol. The molecule has 0 radical (unpaired) electrons. The van der Waals surface area contributed by atoms with E-state index < -0.39 is 11.6 Å². The van der Waals surface area contributed by atoms with Gasteiger partial charge in [0.05, 0.1) is 16.8 Å². The van der Waals surface area contributed by atoms with E-state index in [0.717, 1.165) is 49.3 Å². The molecule has 0 spiro atoms. The lowest BCUT2D eigenvalue weighted by Gasteiger charge is -2.27. The fraction of sp³-hybridized carbons (Fsp3) is 0.273. The molecular weight excluding hydrogens is 360 g/mol. The van der Waals surface area contributed by atoms with Gasteiger partial charge in [0.25, 0.3) is 5.91 Å². The molecule has 4 rings (SSSR count). The maximum absolute atomic E-state index is 14.0. The quantitative estimate of drug-likeness (QED) is 0.709. The molecule has 0 saturated carbocycles. The summed E-state index contributed by atoms with van der Waals surface area (Å²) in [6.45, 7) is 1.61.